The molecule has 3 N–H and O–H groups in total. The van der Waals surface area contributed by atoms with Crippen molar-refractivity contribution in [2.75, 3.05) is 18.5 Å². The number of rotatable bonds is 6. The molecule has 0 radical (unpaired) electrons. The van der Waals surface area contributed by atoms with Gasteiger partial charge in [-0.25, -0.2) is 0 Å². The summed E-state index contributed by atoms with van der Waals surface area (Å²) in [7, 11) is 0. The van der Waals surface area contributed by atoms with E-state index in [1.165, 1.54) is 0 Å². The lowest BCUT2D eigenvalue weighted by Crippen LogP contribution is -2.13. The van der Waals surface area contributed by atoms with Crippen molar-refractivity contribution in [3.63, 3.8) is 0 Å². The molecule has 0 aliphatic heterocycles. The molecule has 0 saturated carbocycles. The first-order chi connectivity index (χ1) is 9.65. The first-order valence-corrected chi connectivity index (χ1v) is 6.96. The van der Waals surface area contributed by atoms with Gasteiger partial charge in [0.15, 0.2) is 0 Å². The van der Waals surface area contributed by atoms with Crippen LogP contribution in [0.25, 0.3) is 0 Å². The van der Waals surface area contributed by atoms with Crippen LogP contribution >= 0.6 is 15.9 Å². The SMILES string of the molecule is NC(=O)c1ccc(NCCOc2cccc(Br)c2)cc1. The minimum absolute atomic E-state index is 0.422. The molecule has 0 fully saturated rings. The van der Waals surface area contributed by atoms with Crippen LogP contribution in [-0.2, 0) is 0 Å². The molecule has 5 heteroatoms. The zero-order chi connectivity index (χ0) is 14.4. The second-order valence-electron chi connectivity index (χ2n) is 4.17. The Morgan fingerprint density at radius 1 is 1.20 bits per heavy atom. The summed E-state index contributed by atoms with van der Waals surface area (Å²) in [6, 6.07) is 14.7. The van der Waals surface area contributed by atoms with Crippen LogP contribution in [0.3, 0.4) is 0 Å². The average molecular weight is 335 g/mol. The third-order valence-electron chi connectivity index (χ3n) is 2.67. The summed E-state index contributed by atoms with van der Waals surface area (Å²) in [5.41, 5.74) is 6.60. The Morgan fingerprint density at radius 3 is 2.60 bits per heavy atom. The average Bonchev–Trinajstić information content (AvgIpc) is 2.44. The number of hydrogen-bond donors (Lipinski definition) is 2. The van der Waals surface area contributed by atoms with Crippen LogP contribution in [0.15, 0.2) is 53.0 Å². The predicted molar refractivity (Wildman–Crippen MR) is 83.1 cm³/mol. The largest absolute Gasteiger partial charge is 0.492 e. The molecule has 0 saturated heterocycles. The van der Waals surface area contributed by atoms with E-state index in [1.54, 1.807) is 12.1 Å². The summed E-state index contributed by atoms with van der Waals surface area (Å²) in [5, 5.41) is 3.21. The zero-order valence-electron chi connectivity index (χ0n) is 10.8. The monoisotopic (exact) mass is 334 g/mol. The van der Waals surface area contributed by atoms with Gasteiger partial charge < -0.3 is 15.8 Å². The number of primary amides is 1. The predicted octanol–water partition coefficient (Wildman–Crippen LogP) is 3.04. The zero-order valence-corrected chi connectivity index (χ0v) is 12.4. The summed E-state index contributed by atoms with van der Waals surface area (Å²) in [4.78, 5) is 10.9. The Morgan fingerprint density at radius 2 is 1.95 bits per heavy atom. The Hall–Kier alpha value is -2.01. The first kappa shape index (κ1) is 14.4. The molecule has 2 aromatic rings. The molecule has 0 spiro atoms. The molecule has 0 atom stereocenters. The Balaban J connectivity index is 1.77. The normalized spacial score (nSPS) is 10.1. The van der Waals surface area contributed by atoms with Crippen LogP contribution < -0.4 is 15.8 Å². The number of hydrogen-bond acceptors (Lipinski definition) is 3. The van der Waals surface area contributed by atoms with Crippen molar-refractivity contribution >= 4 is 27.5 Å². The van der Waals surface area contributed by atoms with Crippen molar-refractivity contribution in [1.29, 1.82) is 0 Å². The lowest BCUT2D eigenvalue weighted by Gasteiger charge is -2.09. The molecule has 2 aromatic carbocycles. The Labute approximate surface area is 126 Å². The van der Waals surface area contributed by atoms with Gasteiger partial charge in [-0.2, -0.15) is 0 Å². The summed E-state index contributed by atoms with van der Waals surface area (Å²) in [6.07, 6.45) is 0. The fraction of sp³-hybridized carbons (Fsp3) is 0.133. The van der Waals surface area contributed by atoms with Crippen molar-refractivity contribution in [1.82, 2.24) is 0 Å². The van der Waals surface area contributed by atoms with E-state index in [4.69, 9.17) is 10.5 Å². The van der Waals surface area contributed by atoms with Gasteiger partial charge in [-0.05, 0) is 42.5 Å². The van der Waals surface area contributed by atoms with E-state index in [0.717, 1.165) is 15.9 Å². The van der Waals surface area contributed by atoms with Gasteiger partial charge >= 0.3 is 0 Å². The van der Waals surface area contributed by atoms with Crippen molar-refractivity contribution in [3.8, 4) is 5.75 Å². The second-order valence-corrected chi connectivity index (χ2v) is 5.09. The summed E-state index contributed by atoms with van der Waals surface area (Å²) in [5.74, 6) is 0.403. The number of anilines is 1. The number of ether oxygens (including phenoxy) is 1. The number of carbonyl (C=O) groups is 1. The quantitative estimate of drug-likeness (QED) is 0.798. The molecule has 0 bridgehead atoms. The number of carbonyl (C=O) groups excluding carboxylic acids is 1. The molecular formula is C15H15BrN2O2. The number of halogens is 1. The molecule has 0 aromatic heterocycles. The molecular weight excluding hydrogens is 320 g/mol. The topological polar surface area (TPSA) is 64.4 Å². The highest BCUT2D eigenvalue weighted by Crippen LogP contribution is 2.17. The maximum absolute atomic E-state index is 10.9. The molecule has 2 rings (SSSR count). The van der Waals surface area contributed by atoms with E-state index in [0.29, 0.717) is 18.7 Å². The van der Waals surface area contributed by atoms with Crippen LogP contribution in [0.2, 0.25) is 0 Å². The molecule has 104 valence electrons. The lowest BCUT2D eigenvalue weighted by molar-refractivity contribution is 0.100. The minimum Gasteiger partial charge on any atom is -0.492 e. The van der Waals surface area contributed by atoms with Crippen LogP contribution in [0.1, 0.15) is 10.4 Å². The van der Waals surface area contributed by atoms with Gasteiger partial charge in [-0.1, -0.05) is 22.0 Å². The first-order valence-electron chi connectivity index (χ1n) is 6.17. The van der Waals surface area contributed by atoms with Crippen molar-refractivity contribution < 1.29 is 9.53 Å². The van der Waals surface area contributed by atoms with E-state index >= 15 is 0 Å². The molecule has 4 nitrogen and oxygen atoms in total. The van der Waals surface area contributed by atoms with Crippen LogP contribution in [0.4, 0.5) is 5.69 Å². The van der Waals surface area contributed by atoms with E-state index in [1.807, 2.05) is 36.4 Å². The highest BCUT2D eigenvalue weighted by atomic mass is 79.9. The highest BCUT2D eigenvalue weighted by molar-refractivity contribution is 9.10. The van der Waals surface area contributed by atoms with Crippen LogP contribution in [0.5, 0.6) is 5.75 Å². The fourth-order valence-corrected chi connectivity index (χ4v) is 2.05. The Bertz CT molecular complexity index is 585. The van der Waals surface area contributed by atoms with Crippen molar-refractivity contribution in [2.24, 2.45) is 5.73 Å². The van der Waals surface area contributed by atoms with Gasteiger partial charge in [0.2, 0.25) is 5.91 Å². The van der Waals surface area contributed by atoms with Gasteiger partial charge in [-0.15, -0.1) is 0 Å². The van der Waals surface area contributed by atoms with Crippen molar-refractivity contribution in [3.05, 3.63) is 58.6 Å². The summed E-state index contributed by atoms with van der Waals surface area (Å²) < 4.78 is 6.59. The molecule has 20 heavy (non-hydrogen) atoms. The number of benzene rings is 2. The van der Waals surface area contributed by atoms with Crippen LogP contribution in [-0.4, -0.2) is 19.1 Å². The maximum atomic E-state index is 10.9. The van der Waals surface area contributed by atoms with E-state index in [-0.39, 0.29) is 0 Å². The van der Waals surface area contributed by atoms with Gasteiger partial charge in [0.1, 0.15) is 12.4 Å². The number of nitrogens with two attached hydrogens (primary N) is 1. The second kappa shape index (κ2) is 6.96. The maximum Gasteiger partial charge on any atom is 0.248 e. The number of nitrogens with one attached hydrogen (secondary N) is 1. The van der Waals surface area contributed by atoms with Gasteiger partial charge in [0, 0.05) is 22.3 Å². The molecule has 0 unspecified atom stereocenters. The van der Waals surface area contributed by atoms with E-state index in [9.17, 15) is 4.79 Å². The molecule has 1 amide bonds. The molecule has 0 aliphatic carbocycles. The number of amides is 1. The van der Waals surface area contributed by atoms with Gasteiger partial charge in [0.05, 0.1) is 0 Å². The standard InChI is InChI=1S/C15H15BrN2O2/c16-12-2-1-3-14(10-12)20-9-8-18-13-6-4-11(5-7-13)15(17)19/h1-7,10,18H,8-9H2,(H2,17,19). The van der Waals surface area contributed by atoms with Crippen molar-refractivity contribution in [2.45, 2.75) is 0 Å². The smallest absolute Gasteiger partial charge is 0.248 e. The third kappa shape index (κ3) is 4.28. The Kier molecular flexibility index (Phi) is 5.01. The van der Waals surface area contributed by atoms with Gasteiger partial charge in [-0.3, -0.25) is 4.79 Å². The minimum atomic E-state index is -0.422. The summed E-state index contributed by atoms with van der Waals surface area (Å²) in [6.45, 7) is 1.22. The van der Waals surface area contributed by atoms with E-state index in [2.05, 4.69) is 21.2 Å². The fourth-order valence-electron chi connectivity index (χ4n) is 1.67. The summed E-state index contributed by atoms with van der Waals surface area (Å²) >= 11 is 3.39. The third-order valence-corrected chi connectivity index (χ3v) is 3.16. The van der Waals surface area contributed by atoms with E-state index < -0.39 is 5.91 Å². The van der Waals surface area contributed by atoms with Crippen LogP contribution in [0, 0.1) is 0 Å². The highest BCUT2D eigenvalue weighted by Gasteiger charge is 1.99. The van der Waals surface area contributed by atoms with Gasteiger partial charge in [0.25, 0.3) is 0 Å². The molecule has 0 aliphatic rings. The molecule has 0 heterocycles. The lowest BCUT2D eigenvalue weighted by atomic mass is 10.2.